The number of hydrogen-bond donors (Lipinski definition) is 3. The molecule has 5 atom stereocenters. The van der Waals surface area contributed by atoms with Crippen LogP contribution in [-0.2, 0) is 43.1 Å². The average molecular weight is 764 g/mol. The lowest BCUT2D eigenvalue weighted by molar-refractivity contribution is -0.152. The molecule has 6 rings (SSSR count). The number of amides is 2. The molecule has 11 nitrogen and oxygen atoms in total. The standard InChI is InChI=1S/C30H38FN3O6.C7H5BF4O2/c1-2-39-28(37)30-14-20(30)10-6-4-3-5-7-12-24(32)27(36)34-17-21(13-25(34)26(35)15-30)40-29(38)33-16-19-9-8-11-23(31)22(19)18-33;9-6-2-4(7(10,11)12)1-5(3-6)8(13)14/h6,8-11,20-21,24-25H,2-5,7,12-18,32H2,1H3;1-3,13-14H/b10-6-;/t20-,21-,24+,25+,30-;/m1./s1. The minimum absolute atomic E-state index is 0.0412. The van der Waals surface area contributed by atoms with E-state index in [1.165, 1.54) is 15.9 Å². The molecule has 0 aromatic heterocycles. The molecule has 3 aliphatic heterocycles. The second kappa shape index (κ2) is 17.0. The topological polar surface area (TPSA) is 160 Å². The number of carbonyl (C=O) groups excluding carboxylic acids is 4. The first kappa shape index (κ1) is 40.8. The summed E-state index contributed by atoms with van der Waals surface area (Å²) in [6.07, 6.45) is 2.66. The summed E-state index contributed by atoms with van der Waals surface area (Å²) in [5.41, 5.74) is 4.76. The van der Waals surface area contributed by atoms with Gasteiger partial charge in [0.25, 0.3) is 0 Å². The largest absolute Gasteiger partial charge is 0.488 e. The Kier molecular flexibility index (Phi) is 12.8. The van der Waals surface area contributed by atoms with Crippen LogP contribution in [0.2, 0.25) is 0 Å². The van der Waals surface area contributed by atoms with Gasteiger partial charge in [-0.3, -0.25) is 19.3 Å². The highest BCUT2D eigenvalue weighted by molar-refractivity contribution is 6.58. The van der Waals surface area contributed by atoms with Crippen molar-refractivity contribution in [3.8, 4) is 0 Å². The summed E-state index contributed by atoms with van der Waals surface area (Å²) < 4.78 is 74.1. The van der Waals surface area contributed by atoms with Crippen LogP contribution in [0.25, 0.3) is 0 Å². The molecule has 2 amide bonds. The maximum atomic E-state index is 14.2. The normalized spacial score (nSPS) is 26.2. The van der Waals surface area contributed by atoms with Crippen LogP contribution in [-0.4, -0.2) is 82.1 Å². The van der Waals surface area contributed by atoms with Gasteiger partial charge in [0, 0.05) is 24.9 Å². The van der Waals surface area contributed by atoms with Gasteiger partial charge in [-0.15, -0.1) is 0 Å². The molecular formula is C37H43BF5N3O8. The molecule has 3 heterocycles. The predicted molar refractivity (Wildman–Crippen MR) is 184 cm³/mol. The molecule has 0 bridgehead atoms. The molecule has 0 unspecified atom stereocenters. The lowest BCUT2D eigenvalue weighted by Gasteiger charge is -2.27. The van der Waals surface area contributed by atoms with E-state index in [9.17, 15) is 41.1 Å². The van der Waals surface area contributed by atoms with Crippen LogP contribution in [0.3, 0.4) is 0 Å². The minimum atomic E-state index is -4.70. The number of Topliss-reactive ketones (excluding diaryl/α,β-unsaturated/α-hetero) is 1. The van der Waals surface area contributed by atoms with Gasteiger partial charge in [-0.05, 0) is 67.8 Å². The number of rotatable bonds is 4. The Bertz CT molecular complexity index is 1760. The van der Waals surface area contributed by atoms with E-state index < -0.39 is 65.8 Å². The minimum Gasteiger partial charge on any atom is -0.466 e. The van der Waals surface area contributed by atoms with Crippen LogP contribution in [0.5, 0.6) is 0 Å². The third-order valence-corrected chi connectivity index (χ3v) is 10.3. The highest BCUT2D eigenvalue weighted by Crippen LogP contribution is 2.57. The fourth-order valence-electron chi connectivity index (χ4n) is 7.28. The van der Waals surface area contributed by atoms with Crippen molar-refractivity contribution in [2.75, 3.05) is 13.2 Å². The van der Waals surface area contributed by atoms with Crippen molar-refractivity contribution in [3.63, 3.8) is 0 Å². The summed E-state index contributed by atoms with van der Waals surface area (Å²) in [6, 6.07) is 4.50. The Morgan fingerprint density at radius 2 is 1.83 bits per heavy atom. The molecule has 54 heavy (non-hydrogen) atoms. The molecule has 17 heteroatoms. The average Bonchev–Trinajstić information content (AvgIpc) is 3.41. The van der Waals surface area contributed by atoms with Crippen LogP contribution < -0.4 is 11.2 Å². The quantitative estimate of drug-likeness (QED) is 0.180. The van der Waals surface area contributed by atoms with E-state index in [1.54, 1.807) is 19.1 Å². The van der Waals surface area contributed by atoms with E-state index in [0.29, 0.717) is 30.5 Å². The Balaban J connectivity index is 0.000000338. The van der Waals surface area contributed by atoms with Crippen molar-refractivity contribution in [2.45, 2.75) is 95.7 Å². The predicted octanol–water partition coefficient (Wildman–Crippen LogP) is 4.15. The zero-order chi connectivity index (χ0) is 39.4. The number of ketones is 1. The van der Waals surface area contributed by atoms with E-state index in [4.69, 9.17) is 25.3 Å². The van der Waals surface area contributed by atoms with Crippen LogP contribution >= 0.6 is 0 Å². The third kappa shape index (κ3) is 9.47. The van der Waals surface area contributed by atoms with E-state index in [2.05, 4.69) is 6.08 Å². The Morgan fingerprint density at radius 3 is 2.52 bits per heavy atom. The second-order valence-electron chi connectivity index (χ2n) is 14.1. The number of allylic oxidation sites excluding steroid dienone is 2. The number of ether oxygens (including phenoxy) is 2. The molecule has 1 aliphatic carbocycles. The molecule has 2 aromatic rings. The second-order valence-corrected chi connectivity index (χ2v) is 14.1. The zero-order valence-electron chi connectivity index (χ0n) is 29.7. The van der Waals surface area contributed by atoms with Crippen LogP contribution in [0.1, 0.15) is 75.0 Å². The van der Waals surface area contributed by atoms with Gasteiger partial charge in [-0.1, -0.05) is 43.2 Å². The highest BCUT2D eigenvalue weighted by atomic mass is 19.4. The van der Waals surface area contributed by atoms with Crippen molar-refractivity contribution < 1.29 is 60.7 Å². The lowest BCUT2D eigenvalue weighted by atomic mass is 9.79. The number of benzene rings is 2. The summed E-state index contributed by atoms with van der Waals surface area (Å²) in [5, 5.41) is 17.1. The summed E-state index contributed by atoms with van der Waals surface area (Å²) >= 11 is 0. The van der Waals surface area contributed by atoms with E-state index in [0.717, 1.165) is 31.2 Å². The van der Waals surface area contributed by atoms with Gasteiger partial charge >= 0.3 is 25.4 Å². The number of hydrogen-bond acceptors (Lipinski definition) is 9. The molecule has 0 spiro atoms. The van der Waals surface area contributed by atoms with Gasteiger partial charge in [0.2, 0.25) is 5.91 Å². The van der Waals surface area contributed by atoms with E-state index >= 15 is 0 Å². The number of carbonyl (C=O) groups is 4. The van der Waals surface area contributed by atoms with Crippen molar-refractivity contribution in [1.82, 2.24) is 9.80 Å². The number of halogens is 5. The molecule has 292 valence electrons. The Morgan fingerprint density at radius 1 is 1.07 bits per heavy atom. The molecule has 0 radical (unpaired) electrons. The number of nitrogens with zero attached hydrogens (tertiary/aromatic N) is 2. The maximum Gasteiger partial charge on any atom is 0.488 e. The van der Waals surface area contributed by atoms with Gasteiger partial charge in [0.15, 0.2) is 5.78 Å². The highest BCUT2D eigenvalue weighted by Gasteiger charge is 2.61. The first-order chi connectivity index (χ1) is 25.5. The smallest absolute Gasteiger partial charge is 0.466 e. The maximum absolute atomic E-state index is 14.2. The zero-order valence-corrected chi connectivity index (χ0v) is 29.7. The molecule has 1 saturated heterocycles. The van der Waals surface area contributed by atoms with E-state index in [1.807, 2.05) is 6.08 Å². The fourth-order valence-corrected chi connectivity index (χ4v) is 7.28. The van der Waals surface area contributed by atoms with Crippen LogP contribution in [0, 0.1) is 23.0 Å². The number of nitrogens with two attached hydrogens (primary N) is 1. The molecule has 4 aliphatic rings. The van der Waals surface area contributed by atoms with Gasteiger partial charge < -0.3 is 30.2 Å². The lowest BCUT2D eigenvalue weighted by Crippen LogP contribution is -2.49. The van der Waals surface area contributed by atoms with Crippen LogP contribution in [0.4, 0.5) is 26.7 Å². The molecular weight excluding hydrogens is 720 g/mol. The Hall–Kier alpha value is -4.35. The SMILES string of the molecule is CCOC(=O)[C@]12CC(=O)[C@@H]3C[C@@H](OC(=O)N4Cc5cccc(F)c5C4)CN3C(=O)[C@@H](N)CCCCC/C=C\[C@@H]1C2.OB(O)c1cc(F)cc(C(F)(F)F)c1. The molecule has 2 aromatic carbocycles. The third-order valence-electron chi connectivity index (χ3n) is 10.3. The summed E-state index contributed by atoms with van der Waals surface area (Å²) in [7, 11) is -2.12. The molecule has 4 N–H and O–H groups in total. The van der Waals surface area contributed by atoms with Gasteiger partial charge in [0.1, 0.15) is 17.7 Å². The van der Waals surface area contributed by atoms with Gasteiger partial charge in [-0.2, -0.15) is 13.2 Å². The first-order valence-electron chi connectivity index (χ1n) is 17.9. The van der Waals surface area contributed by atoms with Crippen molar-refractivity contribution >= 4 is 36.3 Å². The van der Waals surface area contributed by atoms with Crippen molar-refractivity contribution in [2.24, 2.45) is 17.1 Å². The molecule has 2 fully saturated rings. The van der Waals surface area contributed by atoms with E-state index in [-0.39, 0.29) is 68.6 Å². The number of alkyl halides is 3. The summed E-state index contributed by atoms with van der Waals surface area (Å²) in [6.45, 7) is 2.32. The summed E-state index contributed by atoms with van der Waals surface area (Å²) in [4.78, 5) is 56.1. The van der Waals surface area contributed by atoms with Gasteiger partial charge in [0.05, 0.1) is 42.8 Å². The fraction of sp³-hybridized carbons (Fsp3) is 0.514. The van der Waals surface area contributed by atoms with Crippen molar-refractivity contribution in [3.05, 3.63) is 76.9 Å². The first-order valence-corrected chi connectivity index (χ1v) is 17.9. The van der Waals surface area contributed by atoms with Crippen molar-refractivity contribution in [1.29, 1.82) is 0 Å². The summed E-state index contributed by atoms with van der Waals surface area (Å²) in [5.74, 6) is -2.61. The molecule has 1 saturated carbocycles. The van der Waals surface area contributed by atoms with Gasteiger partial charge in [-0.25, -0.2) is 13.6 Å². The number of esters is 1. The Labute approximate surface area is 309 Å². The monoisotopic (exact) mass is 763 g/mol. The number of fused-ring (bicyclic) bond motifs is 3. The van der Waals surface area contributed by atoms with Crippen LogP contribution in [0.15, 0.2) is 48.6 Å².